The number of hydrogen-bond donors (Lipinski definition) is 1. The van der Waals surface area contributed by atoms with Gasteiger partial charge in [-0.3, -0.25) is 9.59 Å². The van der Waals surface area contributed by atoms with E-state index in [0.717, 1.165) is 30.8 Å². The summed E-state index contributed by atoms with van der Waals surface area (Å²) in [5.74, 6) is -0.951. The minimum absolute atomic E-state index is 0.0165. The lowest BCUT2D eigenvalue weighted by Crippen LogP contribution is -2.41. The van der Waals surface area contributed by atoms with E-state index in [0.29, 0.717) is 18.5 Å². The standard InChI is InChI=1S/C25H27N5O3/c1-16-10-18(28-9-8-24(2,14-28)17-6-4-3-5-7-17)13-30-21(16)26-20(27-30)22(31)29-15-25(23(32)33)11-19(29)12-25/h3-7,10,13,19H,8-9,11-12,14-15H2,1-2H3,(H,32,33)/t19?,24-,25?/m0/s1. The Labute approximate surface area is 191 Å². The van der Waals surface area contributed by atoms with Crippen molar-refractivity contribution in [2.75, 3.05) is 24.5 Å². The van der Waals surface area contributed by atoms with Gasteiger partial charge in [0.25, 0.3) is 5.91 Å². The third-order valence-corrected chi connectivity index (χ3v) is 7.98. The van der Waals surface area contributed by atoms with E-state index < -0.39 is 11.4 Å². The van der Waals surface area contributed by atoms with Crippen LogP contribution in [0.3, 0.4) is 0 Å². The van der Waals surface area contributed by atoms with Crippen molar-refractivity contribution in [3.05, 3.63) is 59.5 Å². The Bertz CT molecular complexity index is 1280. The highest BCUT2D eigenvalue weighted by molar-refractivity contribution is 5.93. The molecule has 1 N–H and O–H groups in total. The van der Waals surface area contributed by atoms with Crippen molar-refractivity contribution < 1.29 is 14.7 Å². The molecule has 3 saturated heterocycles. The molecule has 0 spiro atoms. The first-order valence-electron chi connectivity index (χ1n) is 11.5. The quantitative estimate of drug-likeness (QED) is 0.664. The fourth-order valence-electron chi connectivity index (χ4n) is 5.91. The number of fused-ring (bicyclic) bond motifs is 2. The van der Waals surface area contributed by atoms with E-state index in [1.807, 2.05) is 19.2 Å². The van der Waals surface area contributed by atoms with E-state index in [9.17, 15) is 14.7 Å². The maximum absolute atomic E-state index is 13.1. The van der Waals surface area contributed by atoms with E-state index in [1.54, 1.807) is 9.42 Å². The second-order valence-corrected chi connectivity index (χ2v) is 10.3. The number of aliphatic carboxylic acids is 1. The molecule has 8 nitrogen and oxygen atoms in total. The molecule has 1 aromatic carbocycles. The first kappa shape index (κ1) is 20.2. The molecule has 2 bridgehead atoms. The monoisotopic (exact) mass is 445 g/mol. The smallest absolute Gasteiger partial charge is 0.311 e. The molecule has 0 unspecified atom stereocenters. The number of aryl methyl sites for hydroxylation is 1. The molecule has 7 rings (SSSR count). The van der Waals surface area contributed by atoms with Crippen LogP contribution in [0.4, 0.5) is 5.69 Å². The number of pyridine rings is 1. The van der Waals surface area contributed by atoms with Gasteiger partial charge < -0.3 is 14.9 Å². The minimum Gasteiger partial charge on any atom is -0.481 e. The molecule has 1 saturated carbocycles. The Morgan fingerprint density at radius 3 is 2.61 bits per heavy atom. The first-order valence-corrected chi connectivity index (χ1v) is 11.5. The molecule has 3 aromatic rings. The Kier molecular flexibility index (Phi) is 4.16. The SMILES string of the molecule is Cc1cc(N2CC[C@](C)(c3ccccc3)C2)cn2nc(C(=O)N3CC4(C(=O)O)CC3C4)nc12. The van der Waals surface area contributed by atoms with E-state index >= 15 is 0 Å². The topological polar surface area (TPSA) is 91.0 Å². The van der Waals surface area contributed by atoms with Crippen LogP contribution in [0.1, 0.15) is 47.9 Å². The van der Waals surface area contributed by atoms with Crippen molar-refractivity contribution in [2.24, 2.45) is 5.41 Å². The van der Waals surface area contributed by atoms with Gasteiger partial charge >= 0.3 is 5.97 Å². The molecule has 2 aromatic heterocycles. The van der Waals surface area contributed by atoms with Gasteiger partial charge in [-0.2, -0.15) is 0 Å². The van der Waals surface area contributed by atoms with Crippen LogP contribution < -0.4 is 4.90 Å². The number of rotatable bonds is 4. The summed E-state index contributed by atoms with van der Waals surface area (Å²) < 4.78 is 1.70. The summed E-state index contributed by atoms with van der Waals surface area (Å²) >= 11 is 0. The van der Waals surface area contributed by atoms with E-state index in [2.05, 4.69) is 52.2 Å². The lowest BCUT2D eigenvalue weighted by molar-refractivity contribution is -0.150. The number of benzene rings is 1. The lowest BCUT2D eigenvalue weighted by Gasteiger charge is -2.32. The number of amides is 1. The summed E-state index contributed by atoms with van der Waals surface area (Å²) in [4.78, 5) is 33.2. The molecule has 8 heteroatoms. The zero-order valence-corrected chi connectivity index (χ0v) is 18.9. The van der Waals surface area contributed by atoms with Gasteiger partial charge in [-0.05, 0) is 43.4 Å². The molecule has 5 heterocycles. The van der Waals surface area contributed by atoms with Crippen molar-refractivity contribution in [1.82, 2.24) is 19.5 Å². The van der Waals surface area contributed by atoms with Crippen LogP contribution in [0.5, 0.6) is 0 Å². The largest absolute Gasteiger partial charge is 0.481 e. The van der Waals surface area contributed by atoms with Gasteiger partial charge in [-0.15, -0.1) is 5.10 Å². The molecular weight excluding hydrogens is 418 g/mol. The van der Waals surface area contributed by atoms with Crippen LogP contribution in [0.25, 0.3) is 5.65 Å². The van der Waals surface area contributed by atoms with Gasteiger partial charge in [0.15, 0.2) is 5.65 Å². The summed E-state index contributed by atoms with van der Waals surface area (Å²) in [6, 6.07) is 12.7. The zero-order valence-electron chi connectivity index (χ0n) is 18.9. The molecule has 3 aliphatic heterocycles. The Morgan fingerprint density at radius 2 is 1.91 bits per heavy atom. The van der Waals surface area contributed by atoms with Crippen LogP contribution in [-0.4, -0.2) is 62.2 Å². The Hall–Kier alpha value is -3.42. The van der Waals surface area contributed by atoms with E-state index in [4.69, 9.17) is 0 Å². The third kappa shape index (κ3) is 2.96. The summed E-state index contributed by atoms with van der Waals surface area (Å²) in [5, 5.41) is 14.0. The van der Waals surface area contributed by atoms with Crippen molar-refractivity contribution in [3.8, 4) is 0 Å². The summed E-state index contributed by atoms with van der Waals surface area (Å²) in [7, 11) is 0. The third-order valence-electron chi connectivity index (χ3n) is 7.98. The predicted molar refractivity (Wildman–Crippen MR) is 122 cm³/mol. The second kappa shape index (κ2) is 6.79. The van der Waals surface area contributed by atoms with Crippen molar-refractivity contribution in [2.45, 2.75) is 44.6 Å². The summed E-state index contributed by atoms with van der Waals surface area (Å²) in [5.41, 5.74) is 3.35. The average Bonchev–Trinajstić information content (AvgIpc) is 3.54. The number of nitrogens with zero attached hydrogens (tertiary/aromatic N) is 5. The number of hydrogen-bond acceptors (Lipinski definition) is 5. The van der Waals surface area contributed by atoms with E-state index in [1.165, 1.54) is 5.56 Å². The van der Waals surface area contributed by atoms with Crippen LogP contribution in [0, 0.1) is 12.3 Å². The maximum atomic E-state index is 13.1. The Balaban J connectivity index is 1.26. The molecule has 0 radical (unpaired) electrons. The second-order valence-electron chi connectivity index (χ2n) is 10.3. The van der Waals surface area contributed by atoms with Crippen molar-refractivity contribution in [3.63, 3.8) is 0 Å². The van der Waals surface area contributed by atoms with Gasteiger partial charge in [0.1, 0.15) is 0 Å². The summed E-state index contributed by atoms with van der Waals surface area (Å²) in [6.07, 6.45) is 4.07. The highest BCUT2D eigenvalue weighted by atomic mass is 16.4. The van der Waals surface area contributed by atoms with Gasteiger partial charge in [0.05, 0.1) is 17.3 Å². The molecular formula is C25H27N5O3. The fraction of sp³-hybridized carbons (Fsp3) is 0.440. The molecule has 1 amide bonds. The minimum atomic E-state index is -0.814. The molecule has 1 atom stereocenters. The van der Waals surface area contributed by atoms with Crippen LogP contribution in [0.2, 0.25) is 0 Å². The van der Waals surface area contributed by atoms with Gasteiger partial charge in [0, 0.05) is 31.1 Å². The normalized spacial score (nSPS) is 28.4. The van der Waals surface area contributed by atoms with E-state index in [-0.39, 0.29) is 29.7 Å². The number of carboxylic acids is 1. The molecule has 1 aliphatic carbocycles. The van der Waals surface area contributed by atoms with Gasteiger partial charge in [-0.25, -0.2) is 9.50 Å². The molecule has 4 aliphatic rings. The maximum Gasteiger partial charge on any atom is 0.311 e. The molecule has 33 heavy (non-hydrogen) atoms. The summed E-state index contributed by atoms with van der Waals surface area (Å²) in [6.45, 7) is 6.40. The molecule has 170 valence electrons. The number of carbonyl (C=O) groups excluding carboxylic acids is 1. The number of anilines is 1. The molecule has 4 fully saturated rings. The van der Waals surface area contributed by atoms with Crippen molar-refractivity contribution >= 4 is 23.2 Å². The lowest BCUT2D eigenvalue weighted by atomic mass is 9.70. The van der Waals surface area contributed by atoms with Gasteiger partial charge in [-0.1, -0.05) is 37.3 Å². The number of aromatic nitrogens is 3. The average molecular weight is 446 g/mol. The fourth-order valence-corrected chi connectivity index (χ4v) is 5.91. The highest BCUT2D eigenvalue weighted by Gasteiger charge is 2.61. The first-order chi connectivity index (χ1) is 15.8. The van der Waals surface area contributed by atoms with Crippen LogP contribution >= 0.6 is 0 Å². The van der Waals surface area contributed by atoms with Crippen LogP contribution in [-0.2, 0) is 10.2 Å². The van der Waals surface area contributed by atoms with Crippen LogP contribution in [0.15, 0.2) is 42.6 Å². The zero-order chi connectivity index (χ0) is 23.0. The number of carboxylic acid groups (broad SMARTS) is 1. The predicted octanol–water partition coefficient (Wildman–Crippen LogP) is 2.89. The van der Waals surface area contributed by atoms with Crippen molar-refractivity contribution in [1.29, 1.82) is 0 Å². The highest BCUT2D eigenvalue weighted by Crippen LogP contribution is 2.52. The number of carbonyl (C=O) groups is 2. The Morgan fingerprint density at radius 1 is 1.15 bits per heavy atom. The van der Waals surface area contributed by atoms with Gasteiger partial charge in [0.2, 0.25) is 5.82 Å².